The van der Waals surface area contributed by atoms with Crippen LogP contribution in [0.25, 0.3) is 0 Å². The van der Waals surface area contributed by atoms with Crippen LogP contribution in [0.3, 0.4) is 0 Å². The summed E-state index contributed by atoms with van der Waals surface area (Å²) in [7, 11) is 0. The molecule has 1 saturated heterocycles. The third kappa shape index (κ3) is 3.29. The maximum atomic E-state index is 12.8. The Balaban J connectivity index is 1.71. The van der Waals surface area contributed by atoms with Crippen LogP contribution in [-0.4, -0.2) is 33.8 Å². The number of alkyl halides is 3. The van der Waals surface area contributed by atoms with E-state index < -0.39 is 17.4 Å². The molecule has 6 nitrogen and oxygen atoms in total. The van der Waals surface area contributed by atoms with Crippen LogP contribution in [0.15, 0.2) is 23.8 Å². The van der Waals surface area contributed by atoms with Crippen molar-refractivity contribution in [3.05, 3.63) is 34.5 Å². The lowest BCUT2D eigenvalue weighted by molar-refractivity contribution is -0.140. The maximum absolute atomic E-state index is 12.8. The molecule has 1 aliphatic heterocycles. The summed E-state index contributed by atoms with van der Waals surface area (Å²) < 4.78 is 39.4. The van der Waals surface area contributed by atoms with Crippen LogP contribution >= 0.6 is 11.3 Å². The van der Waals surface area contributed by atoms with Crippen molar-refractivity contribution in [3.8, 4) is 0 Å². The van der Waals surface area contributed by atoms with Crippen molar-refractivity contribution in [1.29, 1.82) is 0 Å². The summed E-state index contributed by atoms with van der Waals surface area (Å²) in [6.45, 7) is 1.31. The van der Waals surface area contributed by atoms with E-state index in [-0.39, 0.29) is 17.5 Å². The molecule has 0 radical (unpaired) electrons. The van der Waals surface area contributed by atoms with Gasteiger partial charge < -0.3 is 10.6 Å². The van der Waals surface area contributed by atoms with Gasteiger partial charge in [-0.2, -0.15) is 18.3 Å². The van der Waals surface area contributed by atoms with Gasteiger partial charge in [-0.25, -0.2) is 4.98 Å². The second-order valence-electron chi connectivity index (χ2n) is 5.54. The SMILES string of the molecule is O=C(NCc1nc(C(F)(F)F)cs1)C1(n2cccn2)CCNCC1. The Morgan fingerprint density at radius 1 is 1.42 bits per heavy atom. The molecule has 0 bridgehead atoms. The Morgan fingerprint density at radius 3 is 2.75 bits per heavy atom. The van der Waals surface area contributed by atoms with Crippen LogP contribution in [0, 0.1) is 0 Å². The quantitative estimate of drug-likeness (QED) is 0.873. The minimum Gasteiger partial charge on any atom is -0.347 e. The van der Waals surface area contributed by atoms with Crippen molar-refractivity contribution in [2.75, 3.05) is 13.1 Å². The van der Waals surface area contributed by atoms with E-state index in [0.717, 1.165) is 16.7 Å². The number of piperidine rings is 1. The zero-order valence-electron chi connectivity index (χ0n) is 12.6. The highest BCUT2D eigenvalue weighted by molar-refractivity contribution is 7.09. The molecule has 0 spiro atoms. The average molecular weight is 359 g/mol. The van der Waals surface area contributed by atoms with Gasteiger partial charge in [0, 0.05) is 17.8 Å². The summed E-state index contributed by atoms with van der Waals surface area (Å²) in [6.07, 6.45) is -0.00794. The fourth-order valence-electron chi connectivity index (χ4n) is 2.77. The number of carbonyl (C=O) groups excluding carboxylic acids is 1. The molecule has 130 valence electrons. The number of carbonyl (C=O) groups is 1. The van der Waals surface area contributed by atoms with Crippen molar-refractivity contribution >= 4 is 17.2 Å². The number of aromatic nitrogens is 3. The third-order valence-electron chi connectivity index (χ3n) is 4.04. The fraction of sp³-hybridized carbons (Fsp3) is 0.500. The van der Waals surface area contributed by atoms with Crippen molar-refractivity contribution in [2.45, 2.75) is 31.1 Å². The summed E-state index contributed by atoms with van der Waals surface area (Å²) in [6, 6.07) is 1.74. The highest BCUT2D eigenvalue weighted by Crippen LogP contribution is 2.30. The van der Waals surface area contributed by atoms with E-state index in [4.69, 9.17) is 0 Å². The Labute approximate surface area is 140 Å². The van der Waals surface area contributed by atoms with Gasteiger partial charge in [-0.05, 0) is 32.0 Å². The molecule has 1 amide bonds. The molecule has 2 aromatic rings. The first-order valence-electron chi connectivity index (χ1n) is 7.42. The molecule has 0 unspecified atom stereocenters. The second-order valence-corrected chi connectivity index (χ2v) is 6.48. The average Bonchev–Trinajstić information content (AvgIpc) is 3.24. The lowest BCUT2D eigenvalue weighted by Crippen LogP contribution is -2.54. The molecule has 2 aromatic heterocycles. The van der Waals surface area contributed by atoms with Gasteiger partial charge in [0.1, 0.15) is 10.5 Å². The van der Waals surface area contributed by atoms with Crippen LogP contribution in [-0.2, 0) is 23.1 Å². The molecular formula is C14H16F3N5OS. The van der Waals surface area contributed by atoms with Crippen molar-refractivity contribution in [1.82, 2.24) is 25.4 Å². The number of nitrogens with one attached hydrogen (secondary N) is 2. The van der Waals surface area contributed by atoms with Gasteiger partial charge >= 0.3 is 6.18 Å². The second kappa shape index (κ2) is 6.52. The van der Waals surface area contributed by atoms with Gasteiger partial charge in [0.2, 0.25) is 5.91 Å². The molecule has 3 rings (SSSR count). The zero-order chi connectivity index (χ0) is 17.2. The van der Waals surface area contributed by atoms with Crippen LogP contribution in [0.2, 0.25) is 0 Å². The standard InChI is InChI=1S/C14H16F3N5OS/c15-14(16,17)10-9-24-11(21-10)8-19-12(23)13(2-5-18-6-3-13)22-7-1-4-20-22/h1,4,7,9,18H,2-3,5-6,8H2,(H,19,23). The topological polar surface area (TPSA) is 71.8 Å². The van der Waals surface area contributed by atoms with E-state index in [2.05, 4.69) is 20.7 Å². The molecule has 24 heavy (non-hydrogen) atoms. The molecule has 0 aromatic carbocycles. The van der Waals surface area contributed by atoms with Crippen molar-refractivity contribution in [2.24, 2.45) is 0 Å². The Morgan fingerprint density at radius 2 is 2.17 bits per heavy atom. The molecular weight excluding hydrogens is 343 g/mol. The van der Waals surface area contributed by atoms with Gasteiger partial charge in [0.05, 0.1) is 6.54 Å². The summed E-state index contributed by atoms with van der Waals surface area (Å²) >= 11 is 0.881. The van der Waals surface area contributed by atoms with Gasteiger partial charge in [-0.3, -0.25) is 9.48 Å². The number of halogens is 3. The van der Waals surface area contributed by atoms with Gasteiger partial charge in [0.25, 0.3) is 0 Å². The molecule has 1 aliphatic rings. The lowest BCUT2D eigenvalue weighted by atomic mass is 9.87. The largest absolute Gasteiger partial charge is 0.434 e. The highest BCUT2D eigenvalue weighted by atomic mass is 32.1. The predicted octanol–water partition coefficient (Wildman–Crippen LogP) is 1.75. The molecule has 3 heterocycles. The minimum atomic E-state index is -4.47. The number of thiazole rings is 1. The summed E-state index contributed by atoms with van der Waals surface area (Å²) in [5.41, 5.74) is -1.75. The van der Waals surface area contributed by atoms with E-state index >= 15 is 0 Å². The Kier molecular flexibility index (Phi) is 4.59. The van der Waals surface area contributed by atoms with Crippen molar-refractivity contribution < 1.29 is 18.0 Å². The van der Waals surface area contributed by atoms with Crippen LogP contribution in [0.1, 0.15) is 23.5 Å². The number of hydrogen-bond donors (Lipinski definition) is 2. The van der Waals surface area contributed by atoms with Crippen LogP contribution < -0.4 is 10.6 Å². The third-order valence-corrected chi connectivity index (χ3v) is 4.89. The Hall–Kier alpha value is -1.94. The molecule has 2 N–H and O–H groups in total. The van der Waals surface area contributed by atoms with Gasteiger partial charge in [-0.15, -0.1) is 11.3 Å². The first-order valence-corrected chi connectivity index (χ1v) is 8.30. The maximum Gasteiger partial charge on any atom is 0.434 e. The number of amides is 1. The first-order chi connectivity index (χ1) is 11.4. The Bertz CT molecular complexity index is 692. The number of nitrogens with zero attached hydrogens (tertiary/aromatic N) is 3. The molecule has 0 saturated carbocycles. The smallest absolute Gasteiger partial charge is 0.347 e. The van der Waals surface area contributed by atoms with Crippen molar-refractivity contribution in [3.63, 3.8) is 0 Å². The van der Waals surface area contributed by atoms with Gasteiger partial charge in [0.15, 0.2) is 5.69 Å². The number of rotatable bonds is 4. The normalized spacial score (nSPS) is 17.6. The minimum absolute atomic E-state index is 0.0317. The molecule has 0 aliphatic carbocycles. The highest BCUT2D eigenvalue weighted by Gasteiger charge is 2.42. The van der Waals surface area contributed by atoms with E-state index in [1.807, 2.05) is 0 Å². The monoisotopic (exact) mass is 359 g/mol. The fourth-order valence-corrected chi connectivity index (χ4v) is 3.51. The molecule has 10 heteroatoms. The van der Waals surface area contributed by atoms with Crippen LogP contribution in [0.5, 0.6) is 0 Å². The molecule has 1 fully saturated rings. The lowest BCUT2D eigenvalue weighted by Gasteiger charge is -2.36. The zero-order valence-corrected chi connectivity index (χ0v) is 13.5. The predicted molar refractivity (Wildman–Crippen MR) is 81.3 cm³/mol. The van der Waals surface area contributed by atoms with E-state index in [1.165, 1.54) is 0 Å². The number of hydrogen-bond acceptors (Lipinski definition) is 5. The van der Waals surface area contributed by atoms with Gasteiger partial charge in [-0.1, -0.05) is 0 Å². The summed E-state index contributed by atoms with van der Waals surface area (Å²) in [5.74, 6) is -0.253. The van der Waals surface area contributed by atoms with E-state index in [0.29, 0.717) is 25.9 Å². The van der Waals surface area contributed by atoms with E-state index in [9.17, 15) is 18.0 Å². The molecule has 0 atom stereocenters. The van der Waals surface area contributed by atoms with E-state index in [1.54, 1.807) is 23.1 Å². The summed E-state index contributed by atoms with van der Waals surface area (Å²) in [5, 5.41) is 11.3. The summed E-state index contributed by atoms with van der Waals surface area (Å²) in [4.78, 5) is 16.3. The van der Waals surface area contributed by atoms with Crippen LogP contribution in [0.4, 0.5) is 13.2 Å². The first kappa shape index (κ1) is 16.9.